The maximum atomic E-state index is 12.9. The van der Waals surface area contributed by atoms with Crippen LogP contribution in [0.2, 0.25) is 0 Å². The molecular weight excluding hydrogens is 400 g/mol. The van der Waals surface area contributed by atoms with Gasteiger partial charge in [0.25, 0.3) is 5.91 Å². The predicted octanol–water partition coefficient (Wildman–Crippen LogP) is 3.07. The molecule has 1 atom stereocenters. The summed E-state index contributed by atoms with van der Waals surface area (Å²) in [4.78, 5) is 45.5. The lowest BCUT2D eigenvalue weighted by Gasteiger charge is -2.24. The summed E-state index contributed by atoms with van der Waals surface area (Å²) in [5, 5.41) is 6.07. The first kappa shape index (κ1) is 20.5. The van der Waals surface area contributed by atoms with Crippen molar-refractivity contribution >= 4 is 34.2 Å². The number of hydrogen-bond donors (Lipinski definition) is 2. The van der Waals surface area contributed by atoms with Crippen molar-refractivity contribution in [2.24, 2.45) is 0 Å². The fourth-order valence-electron chi connectivity index (χ4n) is 3.91. The Hall–Kier alpha value is -2.74. The lowest BCUT2D eigenvalue weighted by atomic mass is 10.0. The van der Waals surface area contributed by atoms with E-state index in [4.69, 9.17) is 0 Å². The number of amides is 3. The van der Waals surface area contributed by atoms with Gasteiger partial charge in [0.05, 0.1) is 12.2 Å². The van der Waals surface area contributed by atoms with E-state index in [9.17, 15) is 14.4 Å². The van der Waals surface area contributed by atoms with Crippen molar-refractivity contribution < 1.29 is 14.4 Å². The zero-order chi connectivity index (χ0) is 21.3. The van der Waals surface area contributed by atoms with E-state index in [2.05, 4.69) is 29.5 Å². The zero-order valence-corrected chi connectivity index (χ0v) is 18.1. The first-order valence-corrected chi connectivity index (χ1v) is 11.3. The Morgan fingerprint density at radius 1 is 1.23 bits per heavy atom. The van der Waals surface area contributed by atoms with Crippen LogP contribution in [0.1, 0.15) is 65.6 Å². The molecule has 8 heteroatoms. The molecule has 1 aliphatic carbocycles. The third-order valence-electron chi connectivity index (χ3n) is 5.44. The number of nitrogens with zero attached hydrogens (tertiary/aromatic N) is 2. The van der Waals surface area contributed by atoms with Gasteiger partial charge in [-0.3, -0.25) is 14.4 Å². The summed E-state index contributed by atoms with van der Waals surface area (Å²) in [5.74, 6) is -0.746. The molecule has 30 heavy (non-hydrogen) atoms. The summed E-state index contributed by atoms with van der Waals surface area (Å²) in [5.41, 5.74) is 2.32. The number of nitrogens with one attached hydrogen (secondary N) is 2. The van der Waals surface area contributed by atoms with Gasteiger partial charge in [0, 0.05) is 16.5 Å². The van der Waals surface area contributed by atoms with E-state index in [-0.39, 0.29) is 30.3 Å². The van der Waals surface area contributed by atoms with E-state index in [0.717, 1.165) is 37.8 Å². The Bertz CT molecular complexity index is 983. The van der Waals surface area contributed by atoms with Crippen LogP contribution in [0.15, 0.2) is 24.3 Å². The summed E-state index contributed by atoms with van der Waals surface area (Å²) in [6.07, 6.45) is 4.59. The second-order valence-corrected chi connectivity index (χ2v) is 8.78. The minimum absolute atomic E-state index is 0.101. The van der Waals surface area contributed by atoms with Gasteiger partial charge >= 0.3 is 0 Å². The number of anilines is 1. The minimum atomic E-state index is -0.670. The van der Waals surface area contributed by atoms with Crippen LogP contribution >= 0.6 is 11.3 Å². The van der Waals surface area contributed by atoms with Gasteiger partial charge in [-0.05, 0) is 37.3 Å². The molecule has 2 aromatic rings. The van der Waals surface area contributed by atoms with Crippen LogP contribution < -0.4 is 10.6 Å². The predicted molar refractivity (Wildman–Crippen MR) is 116 cm³/mol. The molecule has 2 aliphatic rings. The van der Waals surface area contributed by atoms with E-state index in [0.29, 0.717) is 16.3 Å². The van der Waals surface area contributed by atoms with Gasteiger partial charge < -0.3 is 15.5 Å². The highest BCUT2D eigenvalue weighted by Gasteiger charge is 2.47. The Morgan fingerprint density at radius 2 is 2.00 bits per heavy atom. The van der Waals surface area contributed by atoms with Crippen molar-refractivity contribution in [3.8, 4) is 0 Å². The average Bonchev–Trinajstić information content (AvgIpc) is 3.44. The Balaban J connectivity index is 1.40. The number of hydrogen-bond acceptors (Lipinski definition) is 5. The van der Waals surface area contributed by atoms with Gasteiger partial charge in [-0.25, -0.2) is 4.98 Å². The molecule has 3 amide bonds. The zero-order valence-electron chi connectivity index (χ0n) is 17.2. The van der Waals surface area contributed by atoms with Crippen molar-refractivity contribution in [3.05, 3.63) is 46.0 Å². The average molecular weight is 427 g/mol. The molecule has 0 bridgehead atoms. The molecule has 158 valence electrons. The Morgan fingerprint density at radius 3 is 2.70 bits per heavy atom. The molecule has 1 saturated carbocycles. The maximum Gasteiger partial charge on any atom is 0.255 e. The quantitative estimate of drug-likeness (QED) is 0.679. The SMILES string of the molecule is CCCc1nc(NC(=O)CNC(=O)C2c3ccccc3C(=O)N2C2CC2)sc1CC. The fourth-order valence-corrected chi connectivity index (χ4v) is 4.87. The molecule has 2 N–H and O–H groups in total. The minimum Gasteiger partial charge on any atom is -0.345 e. The smallest absolute Gasteiger partial charge is 0.255 e. The van der Waals surface area contributed by atoms with Crippen LogP contribution in [0.4, 0.5) is 5.13 Å². The summed E-state index contributed by atoms with van der Waals surface area (Å²) in [6.45, 7) is 4.02. The number of aryl methyl sites for hydroxylation is 2. The van der Waals surface area contributed by atoms with Crippen LogP contribution in [0.3, 0.4) is 0 Å². The number of benzene rings is 1. The normalized spacial score (nSPS) is 17.7. The summed E-state index contributed by atoms with van der Waals surface area (Å²) >= 11 is 1.48. The first-order chi connectivity index (χ1) is 14.5. The highest BCUT2D eigenvalue weighted by Crippen LogP contribution is 2.41. The van der Waals surface area contributed by atoms with Gasteiger partial charge in [0.2, 0.25) is 11.8 Å². The number of fused-ring (bicyclic) bond motifs is 1. The second kappa shape index (κ2) is 8.55. The van der Waals surface area contributed by atoms with Gasteiger partial charge in [-0.15, -0.1) is 11.3 Å². The second-order valence-electron chi connectivity index (χ2n) is 7.69. The van der Waals surface area contributed by atoms with Gasteiger partial charge in [-0.1, -0.05) is 38.5 Å². The summed E-state index contributed by atoms with van der Waals surface area (Å²) < 4.78 is 0. The van der Waals surface area contributed by atoms with E-state index >= 15 is 0 Å². The van der Waals surface area contributed by atoms with Crippen LogP contribution in [0.25, 0.3) is 0 Å². The van der Waals surface area contributed by atoms with Crippen LogP contribution in [0, 0.1) is 0 Å². The standard InChI is InChI=1S/C22H26N4O3S/c1-3-7-16-17(4-2)30-22(24-16)25-18(27)12-23-20(28)19-14-8-5-6-9-15(14)21(29)26(19)13-10-11-13/h5-6,8-9,13,19H,3-4,7,10-12H2,1-2H3,(H,23,28)(H,24,25,27). The lowest BCUT2D eigenvalue weighted by Crippen LogP contribution is -2.42. The van der Waals surface area contributed by atoms with Gasteiger partial charge in [0.15, 0.2) is 5.13 Å². The van der Waals surface area contributed by atoms with E-state index < -0.39 is 6.04 Å². The molecule has 7 nitrogen and oxygen atoms in total. The number of carbonyl (C=O) groups excluding carboxylic acids is 3. The maximum absolute atomic E-state index is 12.9. The van der Waals surface area contributed by atoms with E-state index in [1.54, 1.807) is 17.0 Å². The molecule has 2 heterocycles. The largest absolute Gasteiger partial charge is 0.345 e. The molecule has 1 fully saturated rings. The van der Waals surface area contributed by atoms with Crippen LogP contribution in [-0.4, -0.2) is 40.2 Å². The molecule has 4 rings (SSSR count). The van der Waals surface area contributed by atoms with Crippen LogP contribution in [0.5, 0.6) is 0 Å². The molecular formula is C22H26N4O3S. The third kappa shape index (κ3) is 3.96. The summed E-state index contributed by atoms with van der Waals surface area (Å²) in [7, 11) is 0. The monoisotopic (exact) mass is 426 g/mol. The van der Waals surface area contributed by atoms with Gasteiger partial charge in [-0.2, -0.15) is 0 Å². The molecule has 0 saturated heterocycles. The van der Waals surface area contributed by atoms with Crippen molar-refractivity contribution in [3.63, 3.8) is 0 Å². The number of rotatable bonds is 8. The Labute approximate surface area is 179 Å². The van der Waals surface area contributed by atoms with Crippen molar-refractivity contribution in [1.29, 1.82) is 0 Å². The van der Waals surface area contributed by atoms with Crippen molar-refractivity contribution in [2.45, 2.75) is 58.0 Å². The number of carbonyl (C=O) groups is 3. The van der Waals surface area contributed by atoms with Gasteiger partial charge in [0.1, 0.15) is 6.04 Å². The number of aromatic nitrogens is 1. The molecule has 0 spiro atoms. The molecule has 0 radical (unpaired) electrons. The molecule has 1 aromatic carbocycles. The highest BCUT2D eigenvalue weighted by atomic mass is 32.1. The topological polar surface area (TPSA) is 91.4 Å². The molecule has 1 aliphatic heterocycles. The molecule has 1 aromatic heterocycles. The lowest BCUT2D eigenvalue weighted by molar-refractivity contribution is -0.127. The first-order valence-electron chi connectivity index (χ1n) is 10.5. The van der Waals surface area contributed by atoms with Crippen LogP contribution in [-0.2, 0) is 22.4 Å². The molecule has 1 unspecified atom stereocenters. The van der Waals surface area contributed by atoms with Crippen molar-refractivity contribution in [1.82, 2.24) is 15.2 Å². The Kier molecular flexibility index (Phi) is 5.85. The third-order valence-corrected chi connectivity index (χ3v) is 6.60. The van der Waals surface area contributed by atoms with Crippen molar-refractivity contribution in [2.75, 3.05) is 11.9 Å². The van der Waals surface area contributed by atoms with E-state index in [1.165, 1.54) is 16.2 Å². The van der Waals surface area contributed by atoms with E-state index in [1.807, 2.05) is 12.1 Å². The summed E-state index contributed by atoms with van der Waals surface area (Å²) in [6, 6.07) is 6.65. The fraction of sp³-hybridized carbons (Fsp3) is 0.455. The number of thiazole rings is 1. The highest BCUT2D eigenvalue weighted by molar-refractivity contribution is 7.15.